The van der Waals surface area contributed by atoms with Crippen LogP contribution in [-0.2, 0) is 5.88 Å². The van der Waals surface area contributed by atoms with Crippen molar-refractivity contribution in [1.29, 1.82) is 0 Å². The van der Waals surface area contributed by atoms with Crippen molar-refractivity contribution in [3.05, 3.63) is 63.5 Å². The Bertz CT molecular complexity index is 661. The average Bonchev–Trinajstić information content (AvgIpc) is 2.42. The summed E-state index contributed by atoms with van der Waals surface area (Å²) in [4.78, 5) is 10.4. The standard InChI is InChI=1S/C14H11ClFNO3/c1-9-3-2-4-12(17(18)19)14(9)20-13-6-5-10(8-15)7-11(13)16/h2-7H,8H2,1H3. The lowest BCUT2D eigenvalue weighted by Gasteiger charge is -2.10. The number of ether oxygens (including phenoxy) is 1. The maximum Gasteiger partial charge on any atom is 0.311 e. The average molecular weight is 296 g/mol. The van der Waals surface area contributed by atoms with Crippen molar-refractivity contribution in [3.8, 4) is 11.5 Å². The zero-order valence-electron chi connectivity index (χ0n) is 10.6. The van der Waals surface area contributed by atoms with Gasteiger partial charge in [-0.3, -0.25) is 10.1 Å². The monoisotopic (exact) mass is 295 g/mol. The van der Waals surface area contributed by atoms with E-state index in [1.165, 1.54) is 18.2 Å². The summed E-state index contributed by atoms with van der Waals surface area (Å²) in [5, 5.41) is 11.0. The Morgan fingerprint density at radius 1 is 1.35 bits per heavy atom. The van der Waals surface area contributed by atoms with Gasteiger partial charge in [-0.05, 0) is 30.2 Å². The van der Waals surface area contributed by atoms with Gasteiger partial charge in [0.25, 0.3) is 0 Å². The molecule has 0 bridgehead atoms. The van der Waals surface area contributed by atoms with Gasteiger partial charge in [0.05, 0.1) is 4.92 Å². The summed E-state index contributed by atoms with van der Waals surface area (Å²) < 4.78 is 19.2. The van der Waals surface area contributed by atoms with Crippen LogP contribution in [0.2, 0.25) is 0 Å². The third-order valence-electron chi connectivity index (χ3n) is 2.75. The molecule has 0 amide bonds. The van der Waals surface area contributed by atoms with Gasteiger partial charge in [0.15, 0.2) is 11.6 Å². The quantitative estimate of drug-likeness (QED) is 0.471. The highest BCUT2D eigenvalue weighted by Crippen LogP contribution is 2.35. The minimum atomic E-state index is -0.610. The molecule has 0 aliphatic carbocycles. The molecular weight excluding hydrogens is 285 g/mol. The van der Waals surface area contributed by atoms with Crippen molar-refractivity contribution in [2.24, 2.45) is 0 Å². The Morgan fingerprint density at radius 2 is 2.10 bits per heavy atom. The summed E-state index contributed by atoms with van der Waals surface area (Å²) in [7, 11) is 0. The highest BCUT2D eigenvalue weighted by molar-refractivity contribution is 6.17. The van der Waals surface area contributed by atoms with E-state index in [1.807, 2.05) is 0 Å². The SMILES string of the molecule is Cc1cccc([N+](=O)[O-])c1Oc1ccc(CCl)cc1F. The predicted molar refractivity (Wildman–Crippen MR) is 73.9 cm³/mol. The molecule has 4 nitrogen and oxygen atoms in total. The smallest absolute Gasteiger partial charge is 0.311 e. The summed E-state index contributed by atoms with van der Waals surface area (Å²) in [6.07, 6.45) is 0. The zero-order valence-corrected chi connectivity index (χ0v) is 11.4. The number of hydrogen-bond donors (Lipinski definition) is 0. The van der Waals surface area contributed by atoms with Gasteiger partial charge in [0, 0.05) is 11.9 Å². The first-order valence-corrected chi connectivity index (χ1v) is 6.32. The Labute approximate surface area is 119 Å². The molecule has 0 unspecified atom stereocenters. The van der Waals surface area contributed by atoms with Crippen LogP contribution in [0.25, 0.3) is 0 Å². The summed E-state index contributed by atoms with van der Waals surface area (Å²) >= 11 is 5.61. The first-order chi connectivity index (χ1) is 9.52. The van der Waals surface area contributed by atoms with Crippen LogP contribution in [0.15, 0.2) is 36.4 Å². The molecule has 0 aromatic heterocycles. The highest BCUT2D eigenvalue weighted by Gasteiger charge is 2.19. The molecule has 2 aromatic carbocycles. The molecule has 0 aliphatic rings. The number of para-hydroxylation sites is 1. The molecule has 0 aliphatic heterocycles. The van der Waals surface area contributed by atoms with Crippen molar-refractivity contribution < 1.29 is 14.1 Å². The fourth-order valence-electron chi connectivity index (χ4n) is 1.73. The number of benzene rings is 2. The molecule has 2 rings (SSSR count). The second-order valence-corrected chi connectivity index (χ2v) is 4.45. The minimum Gasteiger partial charge on any atom is -0.447 e. The van der Waals surface area contributed by atoms with Gasteiger partial charge in [-0.1, -0.05) is 18.2 Å². The van der Waals surface area contributed by atoms with E-state index in [2.05, 4.69) is 0 Å². The van der Waals surface area contributed by atoms with Crippen molar-refractivity contribution in [2.45, 2.75) is 12.8 Å². The number of nitrogens with zero attached hydrogens (tertiary/aromatic N) is 1. The van der Waals surface area contributed by atoms with Gasteiger partial charge < -0.3 is 4.74 Å². The summed E-state index contributed by atoms with van der Waals surface area (Å²) in [6, 6.07) is 8.78. The lowest BCUT2D eigenvalue weighted by molar-refractivity contribution is -0.385. The second-order valence-electron chi connectivity index (χ2n) is 4.18. The van der Waals surface area contributed by atoms with E-state index in [-0.39, 0.29) is 23.1 Å². The Hall–Kier alpha value is -2.14. The number of hydrogen-bond acceptors (Lipinski definition) is 3. The van der Waals surface area contributed by atoms with Gasteiger partial charge >= 0.3 is 5.69 Å². The van der Waals surface area contributed by atoms with E-state index >= 15 is 0 Å². The van der Waals surface area contributed by atoms with E-state index in [4.69, 9.17) is 16.3 Å². The molecule has 2 aromatic rings. The molecule has 6 heteroatoms. The summed E-state index contributed by atoms with van der Waals surface area (Å²) in [5.74, 6) is -0.464. The minimum absolute atomic E-state index is 0.0371. The molecule has 0 spiro atoms. The van der Waals surface area contributed by atoms with Crippen LogP contribution < -0.4 is 4.74 Å². The lowest BCUT2D eigenvalue weighted by Crippen LogP contribution is -1.97. The van der Waals surface area contributed by atoms with Crippen LogP contribution >= 0.6 is 11.6 Å². The van der Waals surface area contributed by atoms with Crippen LogP contribution in [-0.4, -0.2) is 4.92 Å². The van der Waals surface area contributed by atoms with E-state index in [0.717, 1.165) is 0 Å². The summed E-state index contributed by atoms with van der Waals surface area (Å²) in [5.41, 5.74) is 0.960. The molecule has 104 valence electrons. The molecule has 0 saturated heterocycles. The molecule has 0 N–H and O–H groups in total. The molecule has 0 radical (unpaired) electrons. The van der Waals surface area contributed by atoms with Gasteiger partial charge in [-0.15, -0.1) is 11.6 Å². The van der Waals surface area contributed by atoms with Crippen molar-refractivity contribution >= 4 is 17.3 Å². The molecule has 0 saturated carbocycles. The normalized spacial score (nSPS) is 10.3. The Morgan fingerprint density at radius 3 is 2.70 bits per heavy atom. The van der Waals surface area contributed by atoms with Gasteiger partial charge in [0.2, 0.25) is 5.75 Å². The van der Waals surface area contributed by atoms with Crippen LogP contribution in [0.3, 0.4) is 0 Å². The van der Waals surface area contributed by atoms with E-state index < -0.39 is 10.7 Å². The third-order valence-corrected chi connectivity index (χ3v) is 3.06. The van der Waals surface area contributed by atoms with Crippen molar-refractivity contribution in [2.75, 3.05) is 0 Å². The molecule has 0 heterocycles. The number of rotatable bonds is 4. The number of halogens is 2. The van der Waals surface area contributed by atoms with Gasteiger partial charge in [-0.25, -0.2) is 4.39 Å². The molecule has 0 fully saturated rings. The molecule has 20 heavy (non-hydrogen) atoms. The maximum atomic E-state index is 13.8. The van der Waals surface area contributed by atoms with E-state index in [1.54, 1.807) is 25.1 Å². The second kappa shape index (κ2) is 5.88. The number of alkyl halides is 1. The zero-order chi connectivity index (χ0) is 14.7. The highest BCUT2D eigenvalue weighted by atomic mass is 35.5. The fraction of sp³-hybridized carbons (Fsp3) is 0.143. The molecular formula is C14H11ClFNO3. The Kier molecular flexibility index (Phi) is 4.20. The first-order valence-electron chi connectivity index (χ1n) is 5.79. The van der Waals surface area contributed by atoms with Crippen LogP contribution in [0.5, 0.6) is 11.5 Å². The van der Waals surface area contributed by atoms with E-state index in [9.17, 15) is 14.5 Å². The van der Waals surface area contributed by atoms with Crippen molar-refractivity contribution in [3.63, 3.8) is 0 Å². The van der Waals surface area contributed by atoms with E-state index in [0.29, 0.717) is 11.1 Å². The number of aryl methyl sites for hydroxylation is 1. The maximum absolute atomic E-state index is 13.8. The van der Waals surface area contributed by atoms with Gasteiger partial charge in [-0.2, -0.15) is 0 Å². The first kappa shape index (κ1) is 14.3. The largest absolute Gasteiger partial charge is 0.447 e. The van der Waals surface area contributed by atoms with Crippen LogP contribution in [0.4, 0.5) is 10.1 Å². The Balaban J connectivity index is 2.42. The summed E-state index contributed by atoms with van der Waals surface area (Å²) in [6.45, 7) is 1.66. The lowest BCUT2D eigenvalue weighted by atomic mass is 10.2. The van der Waals surface area contributed by atoms with Crippen LogP contribution in [0.1, 0.15) is 11.1 Å². The van der Waals surface area contributed by atoms with Crippen LogP contribution in [0, 0.1) is 22.9 Å². The number of nitro benzene ring substituents is 1. The van der Waals surface area contributed by atoms with Gasteiger partial charge in [0.1, 0.15) is 0 Å². The predicted octanol–water partition coefficient (Wildman–Crippen LogP) is 4.57. The fourth-order valence-corrected chi connectivity index (χ4v) is 1.90. The number of nitro groups is 1. The third kappa shape index (κ3) is 2.88. The topological polar surface area (TPSA) is 52.4 Å². The molecule has 0 atom stereocenters. The van der Waals surface area contributed by atoms with Crippen molar-refractivity contribution in [1.82, 2.24) is 0 Å².